The Morgan fingerprint density at radius 3 is 2.80 bits per heavy atom. The first kappa shape index (κ1) is 11.0. The average molecular weight is 242 g/mol. The molecule has 1 aromatic rings. The van der Waals surface area contributed by atoms with Gasteiger partial charge in [0.1, 0.15) is 0 Å². The van der Waals surface area contributed by atoms with Gasteiger partial charge in [-0.05, 0) is 37.1 Å². The molecular weight excluding hydrogens is 229 g/mol. The van der Waals surface area contributed by atoms with Crippen LogP contribution in [0.25, 0.3) is 6.08 Å². The third-order valence-electron chi connectivity index (χ3n) is 2.53. The zero-order valence-electron chi connectivity index (χ0n) is 8.39. The minimum atomic E-state index is 0.684. The summed E-state index contributed by atoms with van der Waals surface area (Å²) >= 11 is 11.9. The fraction of sp³-hybridized carbons (Fsp3) is 0.333. The molecule has 1 aliphatic heterocycles. The van der Waals surface area contributed by atoms with Crippen molar-refractivity contribution in [2.75, 3.05) is 13.1 Å². The highest BCUT2D eigenvalue weighted by molar-refractivity contribution is 6.35. The van der Waals surface area contributed by atoms with E-state index in [1.54, 1.807) is 6.07 Å². The van der Waals surface area contributed by atoms with Gasteiger partial charge in [-0.2, -0.15) is 0 Å². The summed E-state index contributed by atoms with van der Waals surface area (Å²) in [5.41, 5.74) is 2.46. The van der Waals surface area contributed by atoms with E-state index in [-0.39, 0.29) is 0 Å². The second kappa shape index (κ2) is 5.02. The zero-order valence-corrected chi connectivity index (χ0v) is 9.91. The number of hydrogen-bond acceptors (Lipinski definition) is 1. The lowest BCUT2D eigenvalue weighted by Crippen LogP contribution is -2.23. The van der Waals surface area contributed by atoms with Gasteiger partial charge in [-0.25, -0.2) is 0 Å². The third kappa shape index (κ3) is 2.97. The van der Waals surface area contributed by atoms with E-state index in [2.05, 4.69) is 11.4 Å². The molecule has 0 unspecified atom stereocenters. The van der Waals surface area contributed by atoms with Gasteiger partial charge in [0.05, 0.1) is 0 Å². The summed E-state index contributed by atoms with van der Waals surface area (Å²) in [7, 11) is 0. The van der Waals surface area contributed by atoms with Crippen LogP contribution in [0.4, 0.5) is 0 Å². The van der Waals surface area contributed by atoms with Gasteiger partial charge >= 0.3 is 0 Å². The summed E-state index contributed by atoms with van der Waals surface area (Å²) in [6, 6.07) is 5.62. The van der Waals surface area contributed by atoms with Gasteiger partial charge in [0, 0.05) is 16.6 Å². The molecule has 1 aromatic carbocycles. The highest BCUT2D eigenvalue weighted by atomic mass is 35.5. The molecule has 80 valence electrons. The van der Waals surface area contributed by atoms with Crippen molar-refractivity contribution < 1.29 is 0 Å². The van der Waals surface area contributed by atoms with Gasteiger partial charge in [-0.3, -0.25) is 0 Å². The molecule has 0 aromatic heterocycles. The van der Waals surface area contributed by atoms with E-state index >= 15 is 0 Å². The van der Waals surface area contributed by atoms with Gasteiger partial charge in [0.25, 0.3) is 0 Å². The molecule has 0 bridgehead atoms. The van der Waals surface area contributed by atoms with Crippen LogP contribution in [0, 0.1) is 0 Å². The van der Waals surface area contributed by atoms with Crippen LogP contribution in [0.2, 0.25) is 10.0 Å². The molecule has 1 fully saturated rings. The number of nitrogens with one attached hydrogen (secondary N) is 1. The molecule has 0 saturated carbocycles. The molecule has 15 heavy (non-hydrogen) atoms. The van der Waals surface area contributed by atoms with Crippen molar-refractivity contribution in [2.24, 2.45) is 0 Å². The van der Waals surface area contributed by atoms with Crippen molar-refractivity contribution in [1.29, 1.82) is 0 Å². The second-order valence-electron chi connectivity index (χ2n) is 3.75. The molecule has 1 N–H and O–H groups in total. The van der Waals surface area contributed by atoms with Crippen molar-refractivity contribution in [1.82, 2.24) is 5.32 Å². The maximum atomic E-state index is 6.10. The molecule has 3 heteroatoms. The Morgan fingerprint density at radius 1 is 1.27 bits per heavy atom. The highest BCUT2D eigenvalue weighted by Gasteiger charge is 2.05. The Labute approximate surface area is 100 Å². The molecule has 1 saturated heterocycles. The molecule has 1 aliphatic rings. The molecule has 2 rings (SSSR count). The van der Waals surface area contributed by atoms with Crippen molar-refractivity contribution in [2.45, 2.75) is 12.8 Å². The van der Waals surface area contributed by atoms with E-state index in [9.17, 15) is 0 Å². The maximum Gasteiger partial charge on any atom is 0.0493 e. The van der Waals surface area contributed by atoms with Crippen LogP contribution in [0.5, 0.6) is 0 Å². The van der Waals surface area contributed by atoms with Crippen LogP contribution in [-0.2, 0) is 0 Å². The molecule has 0 atom stereocenters. The number of benzene rings is 1. The average Bonchev–Trinajstić information content (AvgIpc) is 2.24. The van der Waals surface area contributed by atoms with Crippen LogP contribution in [0.3, 0.4) is 0 Å². The van der Waals surface area contributed by atoms with Gasteiger partial charge in [0.2, 0.25) is 0 Å². The highest BCUT2D eigenvalue weighted by Crippen LogP contribution is 2.24. The van der Waals surface area contributed by atoms with E-state index < -0.39 is 0 Å². The summed E-state index contributed by atoms with van der Waals surface area (Å²) < 4.78 is 0. The summed E-state index contributed by atoms with van der Waals surface area (Å²) in [6.45, 7) is 2.09. The van der Waals surface area contributed by atoms with E-state index in [4.69, 9.17) is 23.2 Å². The first-order valence-electron chi connectivity index (χ1n) is 5.11. The van der Waals surface area contributed by atoms with E-state index in [1.807, 2.05) is 12.1 Å². The minimum absolute atomic E-state index is 0.684. The lowest BCUT2D eigenvalue weighted by Gasteiger charge is -2.15. The van der Waals surface area contributed by atoms with Gasteiger partial charge < -0.3 is 5.32 Å². The number of hydrogen-bond donors (Lipinski definition) is 1. The van der Waals surface area contributed by atoms with E-state index in [0.717, 1.165) is 30.1 Å². The Morgan fingerprint density at radius 2 is 2.13 bits per heavy atom. The fourth-order valence-corrected chi connectivity index (χ4v) is 2.20. The van der Waals surface area contributed by atoms with Crippen LogP contribution < -0.4 is 5.32 Å². The number of piperidine rings is 1. The molecule has 0 spiro atoms. The molecule has 0 radical (unpaired) electrons. The summed E-state index contributed by atoms with van der Waals surface area (Å²) in [4.78, 5) is 0. The number of rotatable bonds is 1. The Hall–Kier alpha value is -0.500. The van der Waals surface area contributed by atoms with Crippen molar-refractivity contribution >= 4 is 29.3 Å². The molecule has 0 amide bonds. The summed E-state index contributed by atoms with van der Waals surface area (Å²) in [5, 5.41) is 4.76. The van der Waals surface area contributed by atoms with Crippen LogP contribution in [-0.4, -0.2) is 13.1 Å². The Balaban J connectivity index is 2.22. The normalized spacial score (nSPS) is 19.5. The monoisotopic (exact) mass is 241 g/mol. The Bertz CT molecular complexity index is 377. The third-order valence-corrected chi connectivity index (χ3v) is 3.09. The summed E-state index contributed by atoms with van der Waals surface area (Å²) in [5.74, 6) is 0. The maximum absolute atomic E-state index is 6.10. The molecule has 1 heterocycles. The predicted molar refractivity (Wildman–Crippen MR) is 66.5 cm³/mol. The SMILES string of the molecule is Clc1ccc(C=C2CCCNC2)c(Cl)c1. The minimum Gasteiger partial charge on any atom is -0.313 e. The van der Waals surface area contributed by atoms with Crippen LogP contribution in [0.1, 0.15) is 18.4 Å². The molecular formula is C12H13Cl2N. The number of halogens is 2. The second-order valence-corrected chi connectivity index (χ2v) is 4.59. The quantitative estimate of drug-likeness (QED) is 0.790. The smallest absolute Gasteiger partial charge is 0.0493 e. The van der Waals surface area contributed by atoms with E-state index in [1.165, 1.54) is 12.0 Å². The zero-order chi connectivity index (χ0) is 10.7. The van der Waals surface area contributed by atoms with Gasteiger partial charge in [-0.1, -0.05) is 40.9 Å². The van der Waals surface area contributed by atoms with Gasteiger partial charge in [0.15, 0.2) is 0 Å². The van der Waals surface area contributed by atoms with E-state index in [0.29, 0.717) is 5.02 Å². The topological polar surface area (TPSA) is 12.0 Å². The standard InChI is InChI=1S/C12H13Cl2N/c13-11-4-3-10(12(14)7-11)6-9-2-1-5-15-8-9/h3-4,6-7,15H,1-2,5,8H2. The lowest BCUT2D eigenvalue weighted by molar-refractivity contribution is 0.613. The van der Waals surface area contributed by atoms with Crippen molar-refractivity contribution in [3.05, 3.63) is 39.4 Å². The fourth-order valence-electron chi connectivity index (χ4n) is 1.74. The van der Waals surface area contributed by atoms with Crippen molar-refractivity contribution in [3.63, 3.8) is 0 Å². The van der Waals surface area contributed by atoms with Crippen LogP contribution >= 0.6 is 23.2 Å². The summed E-state index contributed by atoms with van der Waals surface area (Å²) in [6.07, 6.45) is 4.52. The molecule has 1 nitrogen and oxygen atoms in total. The van der Waals surface area contributed by atoms with Gasteiger partial charge in [-0.15, -0.1) is 0 Å². The first-order valence-corrected chi connectivity index (χ1v) is 5.86. The predicted octanol–water partition coefficient (Wildman–Crippen LogP) is 3.76. The van der Waals surface area contributed by atoms with Crippen molar-refractivity contribution in [3.8, 4) is 0 Å². The first-order chi connectivity index (χ1) is 7.25. The lowest BCUT2D eigenvalue weighted by atomic mass is 10.0. The molecule has 0 aliphatic carbocycles. The Kier molecular flexibility index (Phi) is 3.68. The van der Waals surface area contributed by atoms with Crippen LogP contribution in [0.15, 0.2) is 23.8 Å². The largest absolute Gasteiger partial charge is 0.313 e.